The van der Waals surface area contributed by atoms with Crippen molar-refractivity contribution >= 4 is 17.5 Å². The van der Waals surface area contributed by atoms with Crippen molar-refractivity contribution in [2.45, 2.75) is 38.5 Å². The molecule has 3 heterocycles. The Balaban J connectivity index is 1.26. The summed E-state index contributed by atoms with van der Waals surface area (Å²) >= 11 is 0. The standard InChI is InChI=1S/C21H34N6O/c1-24-9-11-25(12-10-24)19-7-8-20(23-22-19)26-13-15-27(16-14-26)21(28)17-18-5-3-2-4-6-18/h7-8,18H,2-6,9-17H2,1H3. The minimum Gasteiger partial charge on any atom is -0.353 e. The lowest BCUT2D eigenvalue weighted by atomic mass is 9.86. The maximum Gasteiger partial charge on any atom is 0.222 e. The Morgan fingerprint density at radius 3 is 1.93 bits per heavy atom. The summed E-state index contributed by atoms with van der Waals surface area (Å²) in [7, 11) is 2.16. The van der Waals surface area contributed by atoms with E-state index >= 15 is 0 Å². The number of carbonyl (C=O) groups is 1. The fourth-order valence-corrected chi connectivity index (χ4v) is 4.64. The number of aromatic nitrogens is 2. The first-order chi connectivity index (χ1) is 13.7. The second kappa shape index (κ2) is 9.07. The van der Waals surface area contributed by atoms with Crippen LogP contribution < -0.4 is 9.80 Å². The zero-order valence-electron chi connectivity index (χ0n) is 17.2. The van der Waals surface area contributed by atoms with E-state index in [1.54, 1.807) is 0 Å². The number of nitrogens with zero attached hydrogens (tertiary/aromatic N) is 6. The molecule has 7 nitrogen and oxygen atoms in total. The average Bonchev–Trinajstić information content (AvgIpc) is 2.75. The van der Waals surface area contributed by atoms with Crippen molar-refractivity contribution in [1.82, 2.24) is 20.0 Å². The maximum absolute atomic E-state index is 12.6. The summed E-state index contributed by atoms with van der Waals surface area (Å²) in [5.41, 5.74) is 0. The molecule has 154 valence electrons. The van der Waals surface area contributed by atoms with E-state index in [4.69, 9.17) is 0 Å². The number of anilines is 2. The summed E-state index contributed by atoms with van der Waals surface area (Å²) in [6.07, 6.45) is 7.17. The topological polar surface area (TPSA) is 55.8 Å². The van der Waals surface area contributed by atoms with Gasteiger partial charge in [-0.3, -0.25) is 4.79 Å². The normalized spacial score (nSPS) is 22.5. The quantitative estimate of drug-likeness (QED) is 0.787. The zero-order valence-corrected chi connectivity index (χ0v) is 17.2. The first-order valence-corrected chi connectivity index (χ1v) is 11.0. The highest BCUT2D eigenvalue weighted by Crippen LogP contribution is 2.27. The highest BCUT2D eigenvalue weighted by atomic mass is 16.2. The lowest BCUT2D eigenvalue weighted by molar-refractivity contribution is -0.132. The second-order valence-corrected chi connectivity index (χ2v) is 8.62. The monoisotopic (exact) mass is 386 g/mol. The van der Waals surface area contributed by atoms with Gasteiger partial charge < -0.3 is 19.6 Å². The fraction of sp³-hybridized carbons (Fsp3) is 0.762. The minimum absolute atomic E-state index is 0.350. The predicted molar refractivity (Wildman–Crippen MR) is 112 cm³/mol. The van der Waals surface area contributed by atoms with Crippen LogP contribution in [-0.4, -0.2) is 85.3 Å². The van der Waals surface area contributed by atoms with Crippen LogP contribution >= 0.6 is 0 Å². The van der Waals surface area contributed by atoms with Crippen molar-refractivity contribution in [2.24, 2.45) is 5.92 Å². The molecule has 0 atom stereocenters. The van der Waals surface area contributed by atoms with Gasteiger partial charge in [-0.25, -0.2) is 0 Å². The van der Waals surface area contributed by atoms with Gasteiger partial charge >= 0.3 is 0 Å². The molecule has 2 aliphatic heterocycles. The molecule has 3 fully saturated rings. The van der Waals surface area contributed by atoms with E-state index < -0.39 is 0 Å². The summed E-state index contributed by atoms with van der Waals surface area (Å²) in [5, 5.41) is 8.95. The van der Waals surface area contributed by atoms with Gasteiger partial charge in [0, 0.05) is 58.8 Å². The summed E-state index contributed by atoms with van der Waals surface area (Å²) in [6, 6.07) is 4.18. The van der Waals surface area contributed by atoms with Gasteiger partial charge in [-0.05, 0) is 37.9 Å². The molecule has 1 aromatic heterocycles. The van der Waals surface area contributed by atoms with Crippen LogP contribution in [0.4, 0.5) is 11.6 Å². The molecule has 0 N–H and O–H groups in total. The van der Waals surface area contributed by atoms with Crippen molar-refractivity contribution in [1.29, 1.82) is 0 Å². The lowest BCUT2D eigenvalue weighted by Crippen LogP contribution is -2.49. The predicted octanol–water partition coefficient (Wildman–Crippen LogP) is 1.85. The van der Waals surface area contributed by atoms with Crippen molar-refractivity contribution in [3.8, 4) is 0 Å². The molecule has 0 bridgehead atoms. The lowest BCUT2D eigenvalue weighted by Gasteiger charge is -2.36. The van der Waals surface area contributed by atoms with E-state index in [0.717, 1.165) is 70.4 Å². The highest BCUT2D eigenvalue weighted by Gasteiger charge is 2.25. The maximum atomic E-state index is 12.6. The minimum atomic E-state index is 0.350. The van der Waals surface area contributed by atoms with Gasteiger partial charge in [0.2, 0.25) is 5.91 Å². The molecule has 0 radical (unpaired) electrons. The van der Waals surface area contributed by atoms with Gasteiger partial charge in [-0.1, -0.05) is 19.3 Å². The van der Waals surface area contributed by atoms with E-state index in [1.807, 2.05) is 0 Å². The van der Waals surface area contributed by atoms with Gasteiger partial charge in [-0.2, -0.15) is 0 Å². The molecular formula is C21H34N6O. The Morgan fingerprint density at radius 2 is 1.39 bits per heavy atom. The Morgan fingerprint density at radius 1 is 0.857 bits per heavy atom. The van der Waals surface area contributed by atoms with Crippen molar-refractivity contribution < 1.29 is 4.79 Å². The summed E-state index contributed by atoms with van der Waals surface area (Å²) < 4.78 is 0. The summed E-state index contributed by atoms with van der Waals surface area (Å²) in [6.45, 7) is 7.44. The van der Waals surface area contributed by atoms with E-state index in [1.165, 1.54) is 32.1 Å². The number of amides is 1. The Kier molecular flexibility index (Phi) is 6.29. The van der Waals surface area contributed by atoms with Gasteiger partial charge in [-0.15, -0.1) is 10.2 Å². The molecule has 1 amide bonds. The molecule has 0 unspecified atom stereocenters. The Bertz CT molecular complexity index is 629. The average molecular weight is 387 g/mol. The van der Waals surface area contributed by atoms with Crippen molar-refractivity contribution in [3.05, 3.63) is 12.1 Å². The molecule has 1 saturated carbocycles. The van der Waals surface area contributed by atoms with Crippen molar-refractivity contribution in [3.63, 3.8) is 0 Å². The van der Waals surface area contributed by atoms with Crippen molar-refractivity contribution in [2.75, 3.05) is 69.2 Å². The van der Waals surface area contributed by atoms with Gasteiger partial charge in [0.1, 0.15) is 0 Å². The van der Waals surface area contributed by atoms with Crippen LogP contribution in [0.3, 0.4) is 0 Å². The molecule has 2 saturated heterocycles. The van der Waals surface area contributed by atoms with E-state index in [0.29, 0.717) is 11.8 Å². The summed E-state index contributed by atoms with van der Waals surface area (Å²) in [5.74, 6) is 2.87. The molecule has 4 rings (SSSR count). The molecular weight excluding hydrogens is 352 g/mol. The molecule has 0 spiro atoms. The number of likely N-dealkylation sites (N-methyl/N-ethyl adjacent to an activating group) is 1. The molecule has 28 heavy (non-hydrogen) atoms. The molecule has 1 aliphatic carbocycles. The largest absolute Gasteiger partial charge is 0.353 e. The van der Waals surface area contributed by atoms with Crippen LogP contribution in [-0.2, 0) is 4.79 Å². The van der Waals surface area contributed by atoms with Crippen LogP contribution in [0.1, 0.15) is 38.5 Å². The zero-order chi connectivity index (χ0) is 19.3. The second-order valence-electron chi connectivity index (χ2n) is 8.62. The molecule has 7 heteroatoms. The fourth-order valence-electron chi connectivity index (χ4n) is 4.64. The molecule has 0 aromatic carbocycles. The van der Waals surface area contributed by atoms with Crippen LogP contribution in [0.25, 0.3) is 0 Å². The highest BCUT2D eigenvalue weighted by molar-refractivity contribution is 5.76. The number of hydrogen-bond donors (Lipinski definition) is 0. The first-order valence-electron chi connectivity index (χ1n) is 11.0. The van der Waals surface area contributed by atoms with E-state index in [9.17, 15) is 4.79 Å². The number of piperazine rings is 2. The SMILES string of the molecule is CN1CCN(c2ccc(N3CCN(C(=O)CC4CCCCC4)CC3)nn2)CC1. The molecule has 3 aliphatic rings. The van der Waals surface area contributed by atoms with Gasteiger partial charge in [0.15, 0.2) is 11.6 Å². The van der Waals surface area contributed by atoms with E-state index in [2.05, 4.69) is 49.0 Å². The smallest absolute Gasteiger partial charge is 0.222 e. The molecule has 1 aromatic rings. The van der Waals surface area contributed by atoms with E-state index in [-0.39, 0.29) is 0 Å². The first kappa shape index (κ1) is 19.4. The Labute approximate surface area is 168 Å². The van der Waals surface area contributed by atoms with Crippen LogP contribution in [0, 0.1) is 5.92 Å². The summed E-state index contributed by atoms with van der Waals surface area (Å²) in [4.78, 5) is 21.6. The number of carbonyl (C=O) groups excluding carboxylic acids is 1. The van der Waals surface area contributed by atoms with Crippen LogP contribution in [0.5, 0.6) is 0 Å². The van der Waals surface area contributed by atoms with Gasteiger partial charge in [0.25, 0.3) is 0 Å². The van der Waals surface area contributed by atoms with Crippen LogP contribution in [0.15, 0.2) is 12.1 Å². The third-order valence-electron chi connectivity index (χ3n) is 6.61. The van der Waals surface area contributed by atoms with Gasteiger partial charge in [0.05, 0.1) is 0 Å². The third kappa shape index (κ3) is 4.74. The number of hydrogen-bond acceptors (Lipinski definition) is 6. The number of rotatable bonds is 4. The van der Waals surface area contributed by atoms with Crippen LogP contribution in [0.2, 0.25) is 0 Å². The third-order valence-corrected chi connectivity index (χ3v) is 6.61. The Hall–Kier alpha value is -1.89.